The van der Waals surface area contributed by atoms with Crippen molar-refractivity contribution in [1.82, 2.24) is 15.3 Å². The molecule has 0 saturated carbocycles. The van der Waals surface area contributed by atoms with Gasteiger partial charge in [0.15, 0.2) is 0 Å². The zero-order valence-corrected chi connectivity index (χ0v) is 15.5. The van der Waals surface area contributed by atoms with Gasteiger partial charge < -0.3 is 10.1 Å². The first-order valence-corrected chi connectivity index (χ1v) is 9.50. The van der Waals surface area contributed by atoms with Gasteiger partial charge in [-0.05, 0) is 49.7 Å². The number of nitrogens with zero attached hydrogens (tertiary/aromatic N) is 2. The largest absolute Gasteiger partial charge is 0.494 e. The van der Waals surface area contributed by atoms with Crippen LogP contribution in [0.1, 0.15) is 28.7 Å². The highest BCUT2D eigenvalue weighted by atomic mass is 32.1. The van der Waals surface area contributed by atoms with Gasteiger partial charge in [-0.2, -0.15) is 0 Å². The Morgan fingerprint density at radius 3 is 2.65 bits per heavy atom. The van der Waals surface area contributed by atoms with Gasteiger partial charge in [0.2, 0.25) is 0 Å². The molecule has 0 spiro atoms. The lowest BCUT2D eigenvalue weighted by Crippen LogP contribution is -2.24. The summed E-state index contributed by atoms with van der Waals surface area (Å²) in [5.41, 5.74) is 2.69. The van der Waals surface area contributed by atoms with Crippen LogP contribution in [0.25, 0.3) is 11.3 Å². The summed E-state index contributed by atoms with van der Waals surface area (Å²) in [6, 6.07) is 11.1. The Bertz CT molecular complexity index is 832. The Hall–Kier alpha value is -2.73. The fraction of sp³-hybridized carbons (Fsp3) is 0.250. The van der Waals surface area contributed by atoms with Gasteiger partial charge in [-0.3, -0.25) is 9.78 Å². The monoisotopic (exact) mass is 367 g/mol. The number of carbonyl (C=O) groups is 1. The molecule has 0 radical (unpaired) electrons. The van der Waals surface area contributed by atoms with Crippen molar-refractivity contribution in [2.45, 2.75) is 19.8 Å². The third-order valence-electron chi connectivity index (χ3n) is 3.81. The minimum atomic E-state index is -0.0651. The summed E-state index contributed by atoms with van der Waals surface area (Å²) < 4.78 is 5.38. The number of ether oxygens (including phenoxy) is 1. The average molecular weight is 367 g/mol. The lowest BCUT2D eigenvalue weighted by atomic mass is 10.2. The van der Waals surface area contributed by atoms with E-state index in [1.165, 1.54) is 0 Å². The summed E-state index contributed by atoms with van der Waals surface area (Å²) in [5, 5.41) is 6.08. The maximum absolute atomic E-state index is 12.1. The molecule has 5 nitrogen and oxygen atoms in total. The fourth-order valence-electron chi connectivity index (χ4n) is 2.49. The maximum Gasteiger partial charge on any atom is 0.251 e. The summed E-state index contributed by atoms with van der Waals surface area (Å²) in [4.78, 5) is 20.8. The number of aryl methyl sites for hydroxylation is 1. The number of amides is 1. The zero-order chi connectivity index (χ0) is 18.2. The molecule has 3 aromatic rings. The number of carbonyl (C=O) groups excluding carboxylic acids is 1. The third-order valence-corrected chi connectivity index (χ3v) is 4.72. The molecule has 0 bridgehead atoms. The number of nitrogens with one attached hydrogen (secondary N) is 1. The van der Waals surface area contributed by atoms with Crippen LogP contribution in [0.5, 0.6) is 5.75 Å². The number of hydrogen-bond donors (Lipinski definition) is 1. The molecule has 0 atom stereocenters. The Labute approximate surface area is 157 Å². The van der Waals surface area contributed by atoms with Crippen LogP contribution in [0.4, 0.5) is 0 Å². The number of hydrogen-bond acceptors (Lipinski definition) is 5. The van der Waals surface area contributed by atoms with E-state index in [2.05, 4.69) is 20.7 Å². The van der Waals surface area contributed by atoms with Crippen LogP contribution in [0.15, 0.2) is 54.2 Å². The fourth-order valence-corrected chi connectivity index (χ4v) is 3.34. The van der Waals surface area contributed by atoms with Gasteiger partial charge >= 0.3 is 0 Å². The topological polar surface area (TPSA) is 64.1 Å². The Balaban J connectivity index is 1.44. The molecule has 2 heterocycles. The molecule has 134 valence electrons. The summed E-state index contributed by atoms with van der Waals surface area (Å²) in [6.45, 7) is 3.17. The predicted octanol–water partition coefficient (Wildman–Crippen LogP) is 3.97. The van der Waals surface area contributed by atoms with E-state index in [4.69, 9.17) is 4.74 Å². The molecule has 6 heteroatoms. The van der Waals surface area contributed by atoms with Crippen LogP contribution in [-0.4, -0.2) is 29.0 Å². The van der Waals surface area contributed by atoms with E-state index in [9.17, 15) is 4.79 Å². The van der Waals surface area contributed by atoms with Crippen LogP contribution in [0, 0.1) is 0 Å². The average Bonchev–Trinajstić information content (AvgIpc) is 3.16. The normalized spacial score (nSPS) is 10.5. The van der Waals surface area contributed by atoms with E-state index >= 15 is 0 Å². The van der Waals surface area contributed by atoms with E-state index in [1.54, 1.807) is 35.9 Å². The second-order valence-electron chi connectivity index (χ2n) is 5.68. The molecule has 0 saturated heterocycles. The van der Waals surface area contributed by atoms with Crippen molar-refractivity contribution in [3.8, 4) is 17.0 Å². The second-order valence-corrected chi connectivity index (χ2v) is 6.62. The minimum Gasteiger partial charge on any atom is -0.494 e. The number of benzene rings is 1. The molecule has 0 aliphatic rings. The lowest BCUT2D eigenvalue weighted by Gasteiger charge is -2.06. The summed E-state index contributed by atoms with van der Waals surface area (Å²) in [6.07, 6.45) is 5.24. The Morgan fingerprint density at radius 2 is 1.92 bits per heavy atom. The number of rotatable bonds is 8. The van der Waals surface area contributed by atoms with Crippen LogP contribution < -0.4 is 10.1 Å². The minimum absolute atomic E-state index is 0.0651. The SMILES string of the molecule is CCOc1ccc(C(=O)NCCCc2nc(-c3ccncc3)cs2)cc1. The van der Waals surface area contributed by atoms with Gasteiger partial charge in [-0.25, -0.2) is 4.98 Å². The second kappa shape index (κ2) is 9.10. The highest BCUT2D eigenvalue weighted by Crippen LogP contribution is 2.21. The lowest BCUT2D eigenvalue weighted by molar-refractivity contribution is 0.0953. The van der Waals surface area contributed by atoms with Crippen LogP contribution in [0.2, 0.25) is 0 Å². The summed E-state index contributed by atoms with van der Waals surface area (Å²) >= 11 is 1.65. The van der Waals surface area contributed by atoms with Gasteiger partial charge in [0.25, 0.3) is 5.91 Å². The van der Waals surface area contributed by atoms with E-state index in [0.29, 0.717) is 18.7 Å². The van der Waals surface area contributed by atoms with Gasteiger partial charge in [-0.1, -0.05) is 0 Å². The van der Waals surface area contributed by atoms with Crippen molar-refractivity contribution in [2.24, 2.45) is 0 Å². The molecule has 0 aliphatic heterocycles. The molecule has 2 aromatic heterocycles. The van der Waals surface area contributed by atoms with Gasteiger partial charge in [-0.15, -0.1) is 11.3 Å². The number of pyridine rings is 1. The van der Waals surface area contributed by atoms with Crippen LogP contribution in [-0.2, 0) is 6.42 Å². The van der Waals surface area contributed by atoms with Crippen molar-refractivity contribution in [2.75, 3.05) is 13.2 Å². The predicted molar refractivity (Wildman–Crippen MR) is 104 cm³/mol. The highest BCUT2D eigenvalue weighted by molar-refractivity contribution is 7.09. The smallest absolute Gasteiger partial charge is 0.251 e. The van der Waals surface area contributed by atoms with Crippen molar-refractivity contribution in [1.29, 1.82) is 0 Å². The first kappa shape index (κ1) is 18.1. The third kappa shape index (κ3) is 4.89. The van der Waals surface area contributed by atoms with E-state index in [-0.39, 0.29) is 5.91 Å². The molecule has 1 amide bonds. The molecule has 0 fully saturated rings. The molecule has 1 N–H and O–H groups in total. The highest BCUT2D eigenvalue weighted by Gasteiger charge is 2.07. The number of thiazole rings is 1. The molecule has 26 heavy (non-hydrogen) atoms. The molecule has 3 rings (SSSR count). The van der Waals surface area contributed by atoms with Crippen molar-refractivity contribution < 1.29 is 9.53 Å². The van der Waals surface area contributed by atoms with Crippen LogP contribution in [0.3, 0.4) is 0 Å². The quantitative estimate of drug-likeness (QED) is 0.612. The van der Waals surface area contributed by atoms with Gasteiger partial charge in [0.05, 0.1) is 17.3 Å². The molecular formula is C20H21N3O2S. The maximum atomic E-state index is 12.1. The summed E-state index contributed by atoms with van der Waals surface area (Å²) in [5.74, 6) is 0.711. The molecular weight excluding hydrogens is 346 g/mol. The Morgan fingerprint density at radius 1 is 1.15 bits per heavy atom. The van der Waals surface area contributed by atoms with Crippen molar-refractivity contribution in [3.05, 3.63) is 64.7 Å². The first-order chi connectivity index (χ1) is 12.8. The molecule has 1 aromatic carbocycles. The van der Waals surface area contributed by atoms with Crippen molar-refractivity contribution >= 4 is 17.2 Å². The first-order valence-electron chi connectivity index (χ1n) is 8.62. The number of aromatic nitrogens is 2. The van der Waals surface area contributed by atoms with Gasteiger partial charge in [0, 0.05) is 41.9 Å². The van der Waals surface area contributed by atoms with E-state index < -0.39 is 0 Å². The van der Waals surface area contributed by atoms with Crippen molar-refractivity contribution in [3.63, 3.8) is 0 Å². The van der Waals surface area contributed by atoms with Gasteiger partial charge in [0.1, 0.15) is 5.75 Å². The van der Waals surface area contributed by atoms with Crippen LogP contribution >= 0.6 is 11.3 Å². The van der Waals surface area contributed by atoms with E-state index in [0.717, 1.165) is 34.9 Å². The Kier molecular flexibility index (Phi) is 6.33. The zero-order valence-electron chi connectivity index (χ0n) is 14.6. The van der Waals surface area contributed by atoms with E-state index in [1.807, 2.05) is 31.2 Å². The summed E-state index contributed by atoms with van der Waals surface area (Å²) in [7, 11) is 0. The standard InChI is InChI=1S/C20H21N3O2S/c1-2-25-17-7-5-16(6-8-17)20(24)22-11-3-4-19-23-18(14-26-19)15-9-12-21-13-10-15/h5-10,12-14H,2-4,11H2,1H3,(H,22,24). The molecule has 0 aliphatic carbocycles. The molecule has 0 unspecified atom stereocenters.